The van der Waals surface area contributed by atoms with Gasteiger partial charge in [-0.1, -0.05) is 20.8 Å². The number of nitrogens with zero attached hydrogens (tertiary/aromatic N) is 3. The Bertz CT molecular complexity index is 546. The minimum Gasteiger partial charge on any atom is -0.288 e. The van der Waals surface area contributed by atoms with Gasteiger partial charge in [0, 0.05) is 23.5 Å². The molecule has 0 aromatic carbocycles. The second-order valence-electron chi connectivity index (χ2n) is 5.63. The van der Waals surface area contributed by atoms with Crippen molar-refractivity contribution >= 4 is 5.78 Å². The molecule has 0 unspecified atom stereocenters. The fourth-order valence-corrected chi connectivity index (χ4v) is 2.32. The Kier molecular flexibility index (Phi) is 1.88. The van der Waals surface area contributed by atoms with Crippen LogP contribution in [0.15, 0.2) is 12.4 Å². The quantitative estimate of drug-likeness (QED) is 0.676. The molecule has 2 aromatic heterocycles. The van der Waals surface area contributed by atoms with E-state index < -0.39 is 0 Å². The van der Waals surface area contributed by atoms with Gasteiger partial charge in [-0.15, -0.1) is 0 Å². The third-order valence-corrected chi connectivity index (χ3v) is 3.31. The van der Waals surface area contributed by atoms with Crippen LogP contribution in [-0.2, 0) is 18.3 Å². The number of aryl methyl sites for hydroxylation is 2. The normalized spacial score (nSPS) is 15.7. The summed E-state index contributed by atoms with van der Waals surface area (Å²) in [6.07, 6.45) is 7.73. The van der Waals surface area contributed by atoms with Crippen LogP contribution in [0.2, 0.25) is 0 Å². The molecular formula is C13H17N3. The van der Waals surface area contributed by atoms with Crippen molar-refractivity contribution in [1.82, 2.24) is 14.4 Å². The van der Waals surface area contributed by atoms with Gasteiger partial charge in [0.2, 0.25) is 5.78 Å². The standard InChI is InChI=1S/C13H17N3/c1-13(2,3)11-8-16-10-6-4-5-9(10)7-14-12(16)15-11/h7-8H,4-6H2,1-3H3. The van der Waals surface area contributed by atoms with Crippen LogP contribution >= 0.6 is 0 Å². The van der Waals surface area contributed by atoms with E-state index in [1.54, 1.807) is 0 Å². The van der Waals surface area contributed by atoms with Crippen LogP contribution in [0.1, 0.15) is 44.1 Å². The molecule has 3 heteroatoms. The van der Waals surface area contributed by atoms with Gasteiger partial charge in [0.05, 0.1) is 5.69 Å². The highest BCUT2D eigenvalue weighted by atomic mass is 15.1. The molecule has 1 aliphatic carbocycles. The highest BCUT2D eigenvalue weighted by molar-refractivity contribution is 5.39. The monoisotopic (exact) mass is 215 g/mol. The fourth-order valence-electron chi connectivity index (χ4n) is 2.32. The second kappa shape index (κ2) is 3.06. The first-order valence-electron chi connectivity index (χ1n) is 5.92. The van der Waals surface area contributed by atoms with E-state index in [0.29, 0.717) is 0 Å². The largest absolute Gasteiger partial charge is 0.288 e. The summed E-state index contributed by atoms with van der Waals surface area (Å²) in [5.74, 6) is 0.852. The van der Waals surface area contributed by atoms with Crippen molar-refractivity contribution < 1.29 is 0 Å². The van der Waals surface area contributed by atoms with E-state index >= 15 is 0 Å². The minimum absolute atomic E-state index is 0.0964. The molecule has 0 N–H and O–H groups in total. The number of fused-ring (bicyclic) bond motifs is 3. The number of aromatic nitrogens is 3. The van der Waals surface area contributed by atoms with Crippen LogP contribution < -0.4 is 0 Å². The molecule has 16 heavy (non-hydrogen) atoms. The van der Waals surface area contributed by atoms with Crippen molar-refractivity contribution in [2.75, 3.05) is 0 Å². The van der Waals surface area contributed by atoms with Gasteiger partial charge in [-0.2, -0.15) is 0 Å². The molecule has 3 rings (SSSR count). The highest BCUT2D eigenvalue weighted by Crippen LogP contribution is 2.25. The van der Waals surface area contributed by atoms with Crippen LogP contribution in [-0.4, -0.2) is 14.4 Å². The SMILES string of the molecule is CC(C)(C)c1cn2c3c(cnc2n1)CCC3. The van der Waals surface area contributed by atoms with Gasteiger partial charge in [0.25, 0.3) is 0 Å². The molecule has 0 radical (unpaired) electrons. The van der Waals surface area contributed by atoms with Crippen molar-refractivity contribution in [1.29, 1.82) is 0 Å². The van der Waals surface area contributed by atoms with E-state index in [9.17, 15) is 0 Å². The van der Waals surface area contributed by atoms with Crippen molar-refractivity contribution in [3.63, 3.8) is 0 Å². The smallest absolute Gasteiger partial charge is 0.234 e. The molecule has 3 nitrogen and oxygen atoms in total. The Hall–Kier alpha value is -1.38. The van der Waals surface area contributed by atoms with Gasteiger partial charge in [-0.25, -0.2) is 9.97 Å². The molecule has 0 saturated heterocycles. The molecule has 0 saturated carbocycles. The molecule has 84 valence electrons. The Morgan fingerprint density at radius 2 is 2.06 bits per heavy atom. The summed E-state index contributed by atoms with van der Waals surface area (Å²) in [4.78, 5) is 9.05. The zero-order valence-corrected chi connectivity index (χ0v) is 10.1. The summed E-state index contributed by atoms with van der Waals surface area (Å²) in [5, 5.41) is 0. The molecule has 2 heterocycles. The van der Waals surface area contributed by atoms with E-state index in [1.807, 2.05) is 6.20 Å². The number of hydrogen-bond acceptors (Lipinski definition) is 2. The Morgan fingerprint density at radius 3 is 2.81 bits per heavy atom. The van der Waals surface area contributed by atoms with Gasteiger partial charge in [0.1, 0.15) is 0 Å². The Labute approximate surface area is 95.5 Å². The topological polar surface area (TPSA) is 30.2 Å². The molecule has 0 spiro atoms. The molecule has 0 amide bonds. The maximum absolute atomic E-state index is 4.61. The first kappa shape index (κ1) is 9.82. The zero-order valence-electron chi connectivity index (χ0n) is 10.1. The summed E-state index contributed by atoms with van der Waals surface area (Å²) < 4.78 is 2.18. The van der Waals surface area contributed by atoms with Gasteiger partial charge in [-0.3, -0.25) is 4.40 Å². The molecular weight excluding hydrogens is 198 g/mol. The molecule has 0 bridgehead atoms. The highest BCUT2D eigenvalue weighted by Gasteiger charge is 2.21. The minimum atomic E-state index is 0.0964. The van der Waals surface area contributed by atoms with Gasteiger partial charge in [0.15, 0.2) is 0 Å². The third kappa shape index (κ3) is 1.34. The lowest BCUT2D eigenvalue weighted by atomic mass is 9.93. The van der Waals surface area contributed by atoms with Crippen molar-refractivity contribution in [2.45, 2.75) is 45.4 Å². The average molecular weight is 215 g/mol. The second-order valence-corrected chi connectivity index (χ2v) is 5.63. The summed E-state index contributed by atoms with van der Waals surface area (Å²) in [6, 6.07) is 0. The van der Waals surface area contributed by atoms with E-state index in [4.69, 9.17) is 0 Å². The lowest BCUT2D eigenvalue weighted by Gasteiger charge is -2.13. The van der Waals surface area contributed by atoms with E-state index in [2.05, 4.69) is 41.3 Å². The molecule has 2 aromatic rings. The summed E-state index contributed by atoms with van der Waals surface area (Å²) >= 11 is 0. The van der Waals surface area contributed by atoms with Gasteiger partial charge in [-0.05, 0) is 24.8 Å². The predicted octanol–water partition coefficient (Wildman–Crippen LogP) is 2.52. The molecule has 0 aliphatic heterocycles. The average Bonchev–Trinajstić information content (AvgIpc) is 2.81. The first-order chi connectivity index (χ1) is 7.55. The van der Waals surface area contributed by atoms with Gasteiger partial charge >= 0.3 is 0 Å². The van der Waals surface area contributed by atoms with E-state index in [1.165, 1.54) is 24.1 Å². The Balaban J connectivity index is 2.26. The fraction of sp³-hybridized carbons (Fsp3) is 0.538. The van der Waals surface area contributed by atoms with Gasteiger partial charge < -0.3 is 0 Å². The van der Waals surface area contributed by atoms with Crippen molar-refractivity contribution in [2.24, 2.45) is 0 Å². The first-order valence-corrected chi connectivity index (χ1v) is 5.92. The summed E-state index contributed by atoms with van der Waals surface area (Å²) in [5.41, 5.74) is 4.03. The van der Waals surface area contributed by atoms with Crippen molar-refractivity contribution in [3.8, 4) is 0 Å². The molecule has 0 atom stereocenters. The van der Waals surface area contributed by atoms with Crippen LogP contribution in [0.5, 0.6) is 0 Å². The number of rotatable bonds is 0. The van der Waals surface area contributed by atoms with E-state index in [0.717, 1.165) is 17.9 Å². The molecule has 0 fully saturated rings. The number of hydrogen-bond donors (Lipinski definition) is 0. The van der Waals surface area contributed by atoms with Crippen LogP contribution in [0, 0.1) is 0 Å². The predicted molar refractivity (Wildman–Crippen MR) is 63.7 cm³/mol. The third-order valence-electron chi connectivity index (χ3n) is 3.31. The van der Waals surface area contributed by atoms with E-state index in [-0.39, 0.29) is 5.41 Å². The zero-order chi connectivity index (χ0) is 11.3. The van der Waals surface area contributed by atoms with Crippen LogP contribution in [0.25, 0.3) is 5.78 Å². The lowest BCUT2D eigenvalue weighted by molar-refractivity contribution is 0.572. The summed E-state index contributed by atoms with van der Waals surface area (Å²) in [7, 11) is 0. The summed E-state index contributed by atoms with van der Waals surface area (Å²) in [6.45, 7) is 6.57. The van der Waals surface area contributed by atoms with Crippen LogP contribution in [0.4, 0.5) is 0 Å². The maximum Gasteiger partial charge on any atom is 0.234 e. The maximum atomic E-state index is 4.61. The van der Waals surface area contributed by atoms with Crippen molar-refractivity contribution in [3.05, 3.63) is 29.3 Å². The number of imidazole rings is 1. The lowest BCUT2D eigenvalue weighted by Crippen LogP contribution is -2.11. The molecule has 1 aliphatic rings. The van der Waals surface area contributed by atoms with Crippen LogP contribution in [0.3, 0.4) is 0 Å². The Morgan fingerprint density at radius 1 is 1.25 bits per heavy atom.